The van der Waals surface area contributed by atoms with E-state index in [9.17, 15) is 4.79 Å². The Morgan fingerprint density at radius 1 is 0.929 bits per heavy atom. The van der Waals surface area contributed by atoms with E-state index in [1.54, 1.807) is 32.1 Å². The summed E-state index contributed by atoms with van der Waals surface area (Å²) in [5.41, 5.74) is 1.37. The van der Waals surface area contributed by atoms with Crippen LogP contribution in [-0.4, -0.2) is 11.1 Å². The Labute approximate surface area is 169 Å². The van der Waals surface area contributed by atoms with Crippen molar-refractivity contribution < 1.29 is 9.90 Å². The molecule has 0 aromatic rings. The summed E-state index contributed by atoms with van der Waals surface area (Å²) in [6.07, 6.45) is 21.5. The van der Waals surface area contributed by atoms with Gasteiger partial charge in [0.05, 0.1) is 0 Å². The quantitative estimate of drug-likeness (QED) is 0.589. The highest BCUT2D eigenvalue weighted by molar-refractivity contribution is 5.88. The van der Waals surface area contributed by atoms with Gasteiger partial charge in [0.25, 0.3) is 0 Å². The van der Waals surface area contributed by atoms with Crippen LogP contribution < -0.4 is 0 Å². The topological polar surface area (TPSA) is 37.3 Å². The Kier molecular flexibility index (Phi) is 3.95. The highest BCUT2D eigenvalue weighted by atomic mass is 16.4. The number of hydrogen-bond acceptors (Lipinski definition) is 1. The molecule has 28 heavy (non-hydrogen) atoms. The van der Waals surface area contributed by atoms with Crippen LogP contribution in [0.4, 0.5) is 0 Å². The normalized spacial score (nSPS) is 54.0. The van der Waals surface area contributed by atoms with E-state index < -0.39 is 5.97 Å². The van der Waals surface area contributed by atoms with Crippen LogP contribution >= 0.6 is 0 Å². The molecule has 8 bridgehead atoms. The zero-order valence-corrected chi connectivity index (χ0v) is 17.4. The van der Waals surface area contributed by atoms with Gasteiger partial charge >= 0.3 is 5.97 Å². The second kappa shape index (κ2) is 6.22. The van der Waals surface area contributed by atoms with Crippen molar-refractivity contribution in [1.29, 1.82) is 0 Å². The maximum atomic E-state index is 10.5. The van der Waals surface area contributed by atoms with Gasteiger partial charge in [-0.05, 0) is 123 Å². The average molecular weight is 381 g/mol. The number of hydrogen-bond donors (Lipinski definition) is 1. The highest BCUT2D eigenvalue weighted by Gasteiger charge is 2.58. The minimum Gasteiger partial charge on any atom is -0.478 e. The third-order valence-corrected chi connectivity index (χ3v) is 10.3. The van der Waals surface area contributed by atoms with Gasteiger partial charge in [0.15, 0.2) is 0 Å². The molecular weight excluding hydrogens is 344 g/mol. The van der Waals surface area contributed by atoms with Crippen molar-refractivity contribution in [1.82, 2.24) is 0 Å². The molecular formula is C26H36O2. The molecule has 6 fully saturated rings. The van der Waals surface area contributed by atoms with Crippen LogP contribution in [0, 0.1) is 58.7 Å². The van der Waals surface area contributed by atoms with Crippen LogP contribution in [0.1, 0.15) is 71.1 Å². The standard InChI is InChI=1S/C18H26.C8H10O2/c1-18(10-11-2-3-16(18)9-11)17-14-5-12-4-13(7-14)8-15(17)6-12;9-8(10)7-4-5-1-2-6(7)3-5/h2-3,11-17H,4-10H2,1H3;4-6H,1-3H2,(H,9,10). The second-order valence-corrected chi connectivity index (χ2v) is 11.9. The van der Waals surface area contributed by atoms with Crippen LogP contribution in [0.2, 0.25) is 0 Å². The molecule has 0 radical (unpaired) electrons. The van der Waals surface area contributed by atoms with Gasteiger partial charge in [0, 0.05) is 5.57 Å². The molecule has 0 spiro atoms. The van der Waals surface area contributed by atoms with Crippen LogP contribution in [0.25, 0.3) is 0 Å². The summed E-state index contributed by atoms with van der Waals surface area (Å²) in [4.78, 5) is 10.5. The monoisotopic (exact) mass is 380 g/mol. The largest absolute Gasteiger partial charge is 0.478 e. The van der Waals surface area contributed by atoms with Gasteiger partial charge in [-0.3, -0.25) is 0 Å². The molecule has 0 aromatic carbocycles. The molecule has 2 heteroatoms. The minimum atomic E-state index is -0.702. The minimum absolute atomic E-state index is 0.391. The zero-order valence-electron chi connectivity index (χ0n) is 17.4. The summed E-state index contributed by atoms with van der Waals surface area (Å²) in [6, 6.07) is 0. The van der Waals surface area contributed by atoms with E-state index >= 15 is 0 Å². The van der Waals surface area contributed by atoms with Crippen molar-refractivity contribution in [3.63, 3.8) is 0 Å². The second-order valence-electron chi connectivity index (χ2n) is 11.9. The van der Waals surface area contributed by atoms with E-state index in [0.717, 1.165) is 54.3 Å². The van der Waals surface area contributed by atoms with Crippen LogP contribution in [0.15, 0.2) is 23.8 Å². The van der Waals surface area contributed by atoms with E-state index in [2.05, 4.69) is 19.1 Å². The molecule has 8 aliphatic rings. The lowest BCUT2D eigenvalue weighted by Crippen LogP contribution is -2.52. The molecule has 0 heterocycles. The first-order valence-corrected chi connectivity index (χ1v) is 12.1. The van der Waals surface area contributed by atoms with Gasteiger partial charge < -0.3 is 5.11 Å². The zero-order chi connectivity index (χ0) is 19.0. The number of carbonyl (C=O) groups is 1. The fourth-order valence-electron chi connectivity index (χ4n) is 9.60. The molecule has 152 valence electrons. The molecule has 1 N–H and O–H groups in total. The molecule has 0 aliphatic heterocycles. The lowest BCUT2D eigenvalue weighted by molar-refractivity contribution is -0.133. The van der Waals surface area contributed by atoms with Gasteiger partial charge in [0.1, 0.15) is 0 Å². The van der Waals surface area contributed by atoms with E-state index in [-0.39, 0.29) is 0 Å². The van der Waals surface area contributed by atoms with E-state index in [4.69, 9.17) is 5.11 Å². The van der Waals surface area contributed by atoms with Crippen LogP contribution in [0.3, 0.4) is 0 Å². The predicted molar refractivity (Wildman–Crippen MR) is 111 cm³/mol. The average Bonchev–Trinajstić information content (AvgIpc) is 3.42. The van der Waals surface area contributed by atoms with E-state index in [0.29, 0.717) is 22.8 Å². The van der Waals surface area contributed by atoms with Gasteiger partial charge in [-0.25, -0.2) is 4.79 Å². The van der Waals surface area contributed by atoms with Gasteiger partial charge in [0.2, 0.25) is 0 Å². The fraction of sp³-hybridized carbons (Fsp3) is 0.808. The Hall–Kier alpha value is -1.05. The van der Waals surface area contributed by atoms with Crippen molar-refractivity contribution in [2.24, 2.45) is 58.7 Å². The predicted octanol–water partition coefficient (Wildman–Crippen LogP) is 6.09. The van der Waals surface area contributed by atoms with Crippen LogP contribution in [0.5, 0.6) is 0 Å². The SMILES string of the molecule is CC1(C2C3CC4CC(C3)CC2C4)CC2C=CC1C2.O=C(O)C1=CC2CCC1C2. The number of allylic oxidation sites excluding steroid dienone is 3. The Morgan fingerprint density at radius 2 is 1.64 bits per heavy atom. The molecule has 5 atom stereocenters. The van der Waals surface area contributed by atoms with Crippen molar-refractivity contribution in [3.8, 4) is 0 Å². The molecule has 8 rings (SSSR count). The van der Waals surface area contributed by atoms with Crippen LogP contribution in [-0.2, 0) is 4.79 Å². The highest BCUT2D eigenvalue weighted by Crippen LogP contribution is 2.67. The molecule has 0 saturated heterocycles. The molecule has 2 nitrogen and oxygen atoms in total. The Balaban J connectivity index is 0.000000133. The number of rotatable bonds is 2. The summed E-state index contributed by atoms with van der Waals surface area (Å²) in [5.74, 6) is 7.82. The first kappa shape index (κ1) is 17.8. The molecule has 0 amide bonds. The van der Waals surface area contributed by atoms with Gasteiger partial charge in [-0.15, -0.1) is 0 Å². The number of aliphatic carboxylic acids is 1. The Morgan fingerprint density at radius 3 is 2.07 bits per heavy atom. The molecule has 8 aliphatic carbocycles. The molecule has 0 aromatic heterocycles. The fourth-order valence-corrected chi connectivity index (χ4v) is 9.60. The first-order valence-electron chi connectivity index (χ1n) is 12.1. The van der Waals surface area contributed by atoms with Gasteiger partial charge in [-0.1, -0.05) is 25.2 Å². The number of carboxylic acids is 1. The summed E-state index contributed by atoms with van der Waals surface area (Å²) < 4.78 is 0. The van der Waals surface area contributed by atoms with E-state index in [1.165, 1.54) is 19.3 Å². The van der Waals surface area contributed by atoms with Crippen molar-refractivity contribution in [2.45, 2.75) is 71.1 Å². The van der Waals surface area contributed by atoms with Gasteiger partial charge in [-0.2, -0.15) is 0 Å². The number of fused-ring (bicyclic) bond motifs is 4. The van der Waals surface area contributed by atoms with Crippen molar-refractivity contribution in [3.05, 3.63) is 23.8 Å². The third-order valence-electron chi connectivity index (χ3n) is 10.3. The first-order chi connectivity index (χ1) is 13.5. The molecule has 5 unspecified atom stereocenters. The Bertz CT molecular complexity index is 705. The maximum Gasteiger partial charge on any atom is 0.331 e. The smallest absolute Gasteiger partial charge is 0.331 e. The summed E-state index contributed by atoms with van der Waals surface area (Å²) in [6.45, 7) is 2.67. The van der Waals surface area contributed by atoms with Crippen molar-refractivity contribution in [2.75, 3.05) is 0 Å². The lowest BCUT2D eigenvalue weighted by Gasteiger charge is -2.60. The summed E-state index contributed by atoms with van der Waals surface area (Å²) >= 11 is 0. The number of carboxylic acid groups (broad SMARTS) is 1. The molecule has 6 saturated carbocycles. The lowest BCUT2D eigenvalue weighted by atomic mass is 9.45. The summed E-state index contributed by atoms with van der Waals surface area (Å²) in [7, 11) is 0. The maximum absolute atomic E-state index is 10.5. The van der Waals surface area contributed by atoms with Crippen molar-refractivity contribution >= 4 is 5.97 Å². The third kappa shape index (κ3) is 2.62. The summed E-state index contributed by atoms with van der Waals surface area (Å²) in [5, 5.41) is 8.67. The van der Waals surface area contributed by atoms with E-state index in [1.807, 2.05) is 6.08 Å².